The minimum atomic E-state index is -3.90. The maximum Gasteiger partial charge on any atom is 0.244 e. The van der Waals surface area contributed by atoms with Crippen LogP contribution in [0, 0.1) is 5.82 Å². The Labute approximate surface area is 114 Å². The van der Waals surface area contributed by atoms with Crippen molar-refractivity contribution < 1.29 is 17.9 Å². The van der Waals surface area contributed by atoms with Crippen LogP contribution in [0.25, 0.3) is 0 Å². The van der Waals surface area contributed by atoms with E-state index in [4.69, 9.17) is 23.2 Å². The molecule has 0 saturated carbocycles. The quantitative estimate of drug-likeness (QED) is 0.848. The monoisotopic (exact) mass is 313 g/mol. The summed E-state index contributed by atoms with van der Waals surface area (Å²) < 4.78 is 38.9. The number of β-amino-alcohol motifs (C(OH)–C–C–N with tert-alkyl or cyclic N) is 1. The van der Waals surface area contributed by atoms with Crippen molar-refractivity contribution in [3.63, 3.8) is 0 Å². The van der Waals surface area contributed by atoms with E-state index in [2.05, 4.69) is 0 Å². The molecule has 4 nitrogen and oxygen atoms in total. The van der Waals surface area contributed by atoms with E-state index in [0.29, 0.717) is 6.42 Å². The molecule has 1 heterocycles. The number of hydrogen-bond acceptors (Lipinski definition) is 3. The van der Waals surface area contributed by atoms with Crippen LogP contribution in [0.1, 0.15) is 6.42 Å². The molecule has 0 bridgehead atoms. The second kappa shape index (κ2) is 4.94. The van der Waals surface area contributed by atoms with Crippen LogP contribution in [0.5, 0.6) is 0 Å². The van der Waals surface area contributed by atoms with Gasteiger partial charge in [-0.15, -0.1) is 0 Å². The van der Waals surface area contributed by atoms with Crippen LogP contribution in [-0.2, 0) is 10.0 Å². The molecule has 2 rings (SSSR count). The summed E-state index contributed by atoms with van der Waals surface area (Å²) in [5.74, 6) is -0.959. The predicted octanol–water partition coefficient (Wildman–Crippen LogP) is 1.89. The number of sulfonamides is 1. The molecule has 8 heteroatoms. The van der Waals surface area contributed by atoms with E-state index in [0.717, 1.165) is 16.4 Å². The van der Waals surface area contributed by atoms with E-state index in [1.54, 1.807) is 0 Å². The third-order valence-electron chi connectivity index (χ3n) is 2.74. The van der Waals surface area contributed by atoms with Crippen LogP contribution in [0.2, 0.25) is 10.0 Å². The summed E-state index contributed by atoms with van der Waals surface area (Å²) in [5, 5.41) is 8.58. The molecular formula is C10H10Cl2FNO3S. The second-order valence-corrected chi connectivity index (χ2v) is 6.67. The zero-order valence-electron chi connectivity index (χ0n) is 9.11. The SMILES string of the molecule is O=S(=O)(c1ccc(Cl)c(F)c1Cl)N1CC[C@@H](O)C1. The van der Waals surface area contributed by atoms with Gasteiger partial charge in [0, 0.05) is 13.1 Å². The molecule has 1 aliphatic heterocycles. The molecule has 0 unspecified atom stereocenters. The Hall–Kier alpha value is -0.400. The first-order valence-corrected chi connectivity index (χ1v) is 7.35. The minimum Gasteiger partial charge on any atom is -0.392 e. The Bertz CT molecular complexity index is 579. The lowest BCUT2D eigenvalue weighted by atomic mass is 10.3. The van der Waals surface area contributed by atoms with Crippen LogP contribution in [0.3, 0.4) is 0 Å². The van der Waals surface area contributed by atoms with Gasteiger partial charge in [0.25, 0.3) is 0 Å². The third-order valence-corrected chi connectivity index (χ3v) is 5.42. The fraction of sp³-hybridized carbons (Fsp3) is 0.400. The fourth-order valence-corrected chi connectivity index (χ4v) is 3.99. The molecule has 1 N–H and O–H groups in total. The van der Waals surface area contributed by atoms with Crippen LogP contribution >= 0.6 is 23.2 Å². The molecule has 0 aliphatic carbocycles. The van der Waals surface area contributed by atoms with E-state index >= 15 is 0 Å². The maximum absolute atomic E-state index is 13.5. The summed E-state index contributed by atoms with van der Waals surface area (Å²) in [6, 6.07) is 2.30. The Kier molecular flexibility index (Phi) is 3.85. The first kappa shape index (κ1) is 14.0. The van der Waals surface area contributed by atoms with E-state index < -0.39 is 27.0 Å². The molecule has 18 heavy (non-hydrogen) atoms. The average Bonchev–Trinajstić information content (AvgIpc) is 2.73. The van der Waals surface area contributed by atoms with Crippen LogP contribution in [0.15, 0.2) is 17.0 Å². The number of benzene rings is 1. The zero-order chi connectivity index (χ0) is 13.5. The third kappa shape index (κ3) is 2.35. The van der Waals surface area contributed by atoms with Gasteiger partial charge < -0.3 is 5.11 Å². The summed E-state index contributed by atoms with van der Waals surface area (Å²) in [4.78, 5) is -0.333. The summed E-state index contributed by atoms with van der Waals surface area (Å²) in [6.45, 7) is 0.174. The standard InChI is InChI=1S/C10H10Cl2FNO3S/c11-7-1-2-8(9(12)10(7)13)18(16,17)14-4-3-6(15)5-14/h1-2,6,15H,3-5H2/t6-/m1/s1. The van der Waals surface area contributed by atoms with Crippen molar-refractivity contribution in [3.05, 3.63) is 28.0 Å². The van der Waals surface area contributed by atoms with Gasteiger partial charge in [0.1, 0.15) is 4.90 Å². The second-order valence-electron chi connectivity index (χ2n) is 3.98. The molecule has 1 atom stereocenters. The van der Waals surface area contributed by atoms with E-state index in [9.17, 15) is 17.9 Å². The topological polar surface area (TPSA) is 57.6 Å². The summed E-state index contributed by atoms with van der Waals surface area (Å²) >= 11 is 11.2. The number of aliphatic hydroxyl groups excluding tert-OH is 1. The van der Waals surface area contributed by atoms with E-state index in [1.807, 2.05) is 0 Å². The number of nitrogens with zero attached hydrogens (tertiary/aromatic N) is 1. The molecule has 1 fully saturated rings. The molecule has 0 aromatic heterocycles. The van der Waals surface area contributed by atoms with Crippen LogP contribution in [0.4, 0.5) is 4.39 Å². The lowest BCUT2D eigenvalue weighted by molar-refractivity contribution is 0.189. The Balaban J connectivity index is 2.45. The summed E-state index contributed by atoms with van der Waals surface area (Å²) in [5.41, 5.74) is 0. The Morgan fingerprint density at radius 3 is 2.61 bits per heavy atom. The van der Waals surface area contributed by atoms with Crippen molar-refractivity contribution in [1.29, 1.82) is 0 Å². The number of halogens is 3. The maximum atomic E-state index is 13.5. The van der Waals surface area contributed by atoms with Crippen molar-refractivity contribution in [3.8, 4) is 0 Å². The molecule has 1 saturated heterocycles. The molecule has 100 valence electrons. The van der Waals surface area contributed by atoms with Gasteiger partial charge in [-0.3, -0.25) is 0 Å². The van der Waals surface area contributed by atoms with Gasteiger partial charge in [-0.2, -0.15) is 4.31 Å². The molecule has 1 aromatic carbocycles. The normalized spacial score (nSPS) is 21.4. The van der Waals surface area contributed by atoms with Gasteiger partial charge in [-0.25, -0.2) is 12.8 Å². The lowest BCUT2D eigenvalue weighted by Gasteiger charge is -2.17. The van der Waals surface area contributed by atoms with Crippen molar-refractivity contribution in [2.24, 2.45) is 0 Å². The molecule has 0 radical (unpaired) electrons. The number of hydrogen-bond donors (Lipinski definition) is 1. The van der Waals surface area contributed by atoms with E-state index in [-0.39, 0.29) is 23.0 Å². The highest BCUT2D eigenvalue weighted by atomic mass is 35.5. The fourth-order valence-electron chi connectivity index (χ4n) is 1.78. The first-order valence-electron chi connectivity index (χ1n) is 5.15. The highest BCUT2D eigenvalue weighted by Gasteiger charge is 2.33. The van der Waals surface area contributed by atoms with Crippen molar-refractivity contribution in [2.75, 3.05) is 13.1 Å². The lowest BCUT2D eigenvalue weighted by Crippen LogP contribution is -2.30. The number of aliphatic hydroxyl groups is 1. The predicted molar refractivity (Wildman–Crippen MR) is 65.8 cm³/mol. The molecule has 1 aromatic rings. The largest absolute Gasteiger partial charge is 0.392 e. The van der Waals surface area contributed by atoms with Crippen molar-refractivity contribution >= 4 is 33.2 Å². The highest BCUT2D eigenvalue weighted by Crippen LogP contribution is 2.32. The van der Waals surface area contributed by atoms with Gasteiger partial charge in [0.2, 0.25) is 10.0 Å². The summed E-state index contributed by atoms with van der Waals surface area (Å²) in [7, 11) is -3.90. The van der Waals surface area contributed by atoms with Gasteiger partial charge in [-0.05, 0) is 18.6 Å². The van der Waals surface area contributed by atoms with Gasteiger partial charge in [-0.1, -0.05) is 23.2 Å². The van der Waals surface area contributed by atoms with Crippen LogP contribution in [-0.4, -0.2) is 37.0 Å². The molecule has 0 spiro atoms. The number of rotatable bonds is 2. The molecule has 0 amide bonds. The molecule has 1 aliphatic rings. The van der Waals surface area contributed by atoms with Gasteiger partial charge in [0.05, 0.1) is 16.1 Å². The van der Waals surface area contributed by atoms with Crippen molar-refractivity contribution in [2.45, 2.75) is 17.4 Å². The van der Waals surface area contributed by atoms with E-state index in [1.165, 1.54) is 0 Å². The summed E-state index contributed by atoms with van der Waals surface area (Å²) in [6.07, 6.45) is -0.344. The highest BCUT2D eigenvalue weighted by molar-refractivity contribution is 7.89. The first-order chi connectivity index (χ1) is 8.34. The van der Waals surface area contributed by atoms with Gasteiger partial charge >= 0.3 is 0 Å². The zero-order valence-corrected chi connectivity index (χ0v) is 11.4. The minimum absolute atomic E-state index is 0.0110. The van der Waals surface area contributed by atoms with Gasteiger partial charge in [0.15, 0.2) is 5.82 Å². The average molecular weight is 314 g/mol. The Morgan fingerprint density at radius 1 is 1.39 bits per heavy atom. The Morgan fingerprint density at radius 2 is 2.06 bits per heavy atom. The smallest absolute Gasteiger partial charge is 0.244 e. The van der Waals surface area contributed by atoms with Crippen molar-refractivity contribution in [1.82, 2.24) is 4.31 Å². The molecular weight excluding hydrogens is 304 g/mol. The van der Waals surface area contributed by atoms with Crippen LogP contribution < -0.4 is 0 Å².